The second-order valence-corrected chi connectivity index (χ2v) is 7.44. The molecular formula is C23H22F3N3O. The van der Waals surface area contributed by atoms with Crippen molar-refractivity contribution in [2.75, 3.05) is 18.2 Å². The molecule has 2 aromatic carbocycles. The molecule has 0 atom stereocenters. The Hall–Kier alpha value is -3.06. The second-order valence-electron chi connectivity index (χ2n) is 7.44. The van der Waals surface area contributed by atoms with Crippen LogP contribution in [0, 0.1) is 13.8 Å². The summed E-state index contributed by atoms with van der Waals surface area (Å²) >= 11 is 0. The van der Waals surface area contributed by atoms with Gasteiger partial charge in [0.25, 0.3) is 0 Å². The van der Waals surface area contributed by atoms with Gasteiger partial charge in [-0.05, 0) is 56.7 Å². The van der Waals surface area contributed by atoms with E-state index in [1.165, 1.54) is 6.07 Å². The van der Waals surface area contributed by atoms with Gasteiger partial charge in [0.2, 0.25) is 0 Å². The van der Waals surface area contributed by atoms with Crippen LogP contribution in [0.15, 0.2) is 60.4 Å². The normalized spacial score (nSPS) is 15.1. The third kappa shape index (κ3) is 3.73. The molecule has 0 amide bonds. The number of allylic oxidation sites excluding steroid dienone is 1. The molecular weight excluding hydrogens is 391 g/mol. The van der Waals surface area contributed by atoms with Crippen LogP contribution in [0.2, 0.25) is 0 Å². The Balaban J connectivity index is 1.79. The maximum Gasteiger partial charge on any atom is 0.416 e. The fraction of sp³-hybridized carbons (Fsp3) is 0.261. The van der Waals surface area contributed by atoms with Gasteiger partial charge in [0.1, 0.15) is 6.73 Å². The number of nitrogens with zero attached hydrogens (tertiary/aromatic N) is 3. The topological polar surface area (TPSA) is 30.3 Å². The minimum atomic E-state index is -4.40. The number of ether oxygens (including phenoxy) is 1. The average Bonchev–Trinajstić information content (AvgIpc) is 3.09. The summed E-state index contributed by atoms with van der Waals surface area (Å²) in [5, 5.41) is 4.53. The Morgan fingerprint density at radius 3 is 2.40 bits per heavy atom. The first-order valence-electron chi connectivity index (χ1n) is 9.60. The average molecular weight is 413 g/mol. The van der Waals surface area contributed by atoms with Gasteiger partial charge in [-0.2, -0.15) is 18.3 Å². The molecule has 0 fully saturated rings. The summed E-state index contributed by atoms with van der Waals surface area (Å²) in [5.41, 5.74) is 5.44. The van der Waals surface area contributed by atoms with Crippen LogP contribution in [-0.4, -0.2) is 23.1 Å². The molecule has 1 aliphatic rings. The van der Waals surface area contributed by atoms with Crippen molar-refractivity contribution in [3.8, 4) is 5.69 Å². The van der Waals surface area contributed by atoms with Crippen LogP contribution in [0.1, 0.15) is 29.3 Å². The largest absolute Gasteiger partial charge is 0.416 e. The predicted molar refractivity (Wildman–Crippen MR) is 110 cm³/mol. The fourth-order valence-corrected chi connectivity index (χ4v) is 3.64. The first-order valence-corrected chi connectivity index (χ1v) is 9.60. The van der Waals surface area contributed by atoms with Crippen molar-refractivity contribution >= 4 is 11.3 Å². The van der Waals surface area contributed by atoms with E-state index in [1.807, 2.05) is 49.7 Å². The maximum absolute atomic E-state index is 13.2. The Kier molecular flexibility index (Phi) is 5.15. The molecule has 3 aromatic rings. The highest BCUT2D eigenvalue weighted by Crippen LogP contribution is 2.35. The molecule has 156 valence electrons. The second kappa shape index (κ2) is 7.65. The van der Waals surface area contributed by atoms with Crippen molar-refractivity contribution in [2.24, 2.45) is 0 Å². The predicted octanol–water partition coefficient (Wildman–Crippen LogP) is 5.73. The number of anilines is 1. The summed E-state index contributed by atoms with van der Waals surface area (Å²) in [4.78, 5) is 1.76. The number of hydrogen-bond acceptors (Lipinski definition) is 3. The maximum atomic E-state index is 13.2. The highest BCUT2D eigenvalue weighted by atomic mass is 19.4. The lowest BCUT2D eigenvalue weighted by atomic mass is 10.0. The zero-order valence-electron chi connectivity index (χ0n) is 17.0. The van der Waals surface area contributed by atoms with Crippen LogP contribution in [0.4, 0.5) is 18.9 Å². The SMILES string of the molecule is CC1=C(c2c(C)cnn2-c2ccc(C)cc2)COCN1c1cccc(C(F)(F)F)c1. The number of alkyl halides is 3. The van der Waals surface area contributed by atoms with Crippen LogP contribution in [0.25, 0.3) is 11.3 Å². The Morgan fingerprint density at radius 2 is 1.70 bits per heavy atom. The van der Waals surface area contributed by atoms with E-state index in [2.05, 4.69) is 5.10 Å². The molecule has 0 bridgehead atoms. The molecule has 2 heterocycles. The van der Waals surface area contributed by atoms with Gasteiger partial charge in [-0.15, -0.1) is 0 Å². The Labute approximate surface area is 173 Å². The van der Waals surface area contributed by atoms with Crippen LogP contribution in [0.3, 0.4) is 0 Å². The summed E-state index contributed by atoms with van der Waals surface area (Å²) in [7, 11) is 0. The molecule has 4 rings (SSSR count). The van der Waals surface area contributed by atoms with E-state index < -0.39 is 11.7 Å². The van der Waals surface area contributed by atoms with E-state index in [0.717, 1.165) is 45.9 Å². The van der Waals surface area contributed by atoms with E-state index in [-0.39, 0.29) is 6.73 Å². The Morgan fingerprint density at radius 1 is 0.967 bits per heavy atom. The minimum Gasteiger partial charge on any atom is -0.356 e. The first kappa shape index (κ1) is 20.2. The lowest BCUT2D eigenvalue weighted by Crippen LogP contribution is -2.31. The molecule has 0 aliphatic carbocycles. The van der Waals surface area contributed by atoms with E-state index in [1.54, 1.807) is 17.2 Å². The van der Waals surface area contributed by atoms with Gasteiger partial charge < -0.3 is 9.64 Å². The molecule has 0 saturated heterocycles. The smallest absolute Gasteiger partial charge is 0.356 e. The van der Waals surface area contributed by atoms with Gasteiger partial charge in [0.05, 0.1) is 29.7 Å². The summed E-state index contributed by atoms with van der Waals surface area (Å²) in [6, 6.07) is 13.3. The summed E-state index contributed by atoms with van der Waals surface area (Å²) in [6.07, 6.45) is -2.60. The Bertz CT molecular complexity index is 1100. The first-order chi connectivity index (χ1) is 14.3. The third-order valence-electron chi connectivity index (χ3n) is 5.31. The van der Waals surface area contributed by atoms with Crippen molar-refractivity contribution < 1.29 is 17.9 Å². The van der Waals surface area contributed by atoms with Gasteiger partial charge in [-0.25, -0.2) is 4.68 Å². The van der Waals surface area contributed by atoms with Gasteiger partial charge >= 0.3 is 6.18 Å². The number of hydrogen-bond donors (Lipinski definition) is 0. The highest BCUT2D eigenvalue weighted by Gasteiger charge is 2.31. The third-order valence-corrected chi connectivity index (χ3v) is 5.31. The lowest BCUT2D eigenvalue weighted by Gasteiger charge is -2.33. The van der Waals surface area contributed by atoms with E-state index in [4.69, 9.17) is 4.74 Å². The van der Waals surface area contributed by atoms with Crippen LogP contribution >= 0.6 is 0 Å². The molecule has 1 aromatic heterocycles. The molecule has 0 N–H and O–H groups in total. The van der Waals surface area contributed by atoms with Crippen LogP contribution < -0.4 is 4.90 Å². The van der Waals surface area contributed by atoms with Crippen molar-refractivity contribution in [1.29, 1.82) is 0 Å². The quantitative estimate of drug-likeness (QED) is 0.549. The van der Waals surface area contributed by atoms with Gasteiger partial charge in [-0.1, -0.05) is 23.8 Å². The van der Waals surface area contributed by atoms with Gasteiger partial charge in [-0.3, -0.25) is 0 Å². The molecule has 7 heteroatoms. The van der Waals surface area contributed by atoms with Crippen molar-refractivity contribution in [3.63, 3.8) is 0 Å². The fourth-order valence-electron chi connectivity index (χ4n) is 3.64. The van der Waals surface area contributed by atoms with Gasteiger partial charge in [0, 0.05) is 17.0 Å². The summed E-state index contributed by atoms with van der Waals surface area (Å²) in [5.74, 6) is 0. The van der Waals surface area contributed by atoms with Crippen LogP contribution in [0.5, 0.6) is 0 Å². The molecule has 0 radical (unpaired) electrons. The monoisotopic (exact) mass is 413 g/mol. The lowest BCUT2D eigenvalue weighted by molar-refractivity contribution is -0.137. The van der Waals surface area contributed by atoms with E-state index in [9.17, 15) is 13.2 Å². The minimum absolute atomic E-state index is 0.189. The number of halogens is 3. The highest BCUT2D eigenvalue weighted by molar-refractivity contribution is 5.75. The molecule has 0 unspecified atom stereocenters. The molecule has 0 saturated carbocycles. The number of benzene rings is 2. The van der Waals surface area contributed by atoms with Crippen molar-refractivity contribution in [2.45, 2.75) is 26.9 Å². The molecule has 1 aliphatic heterocycles. The standard InChI is InChI=1S/C23H22F3N3O/c1-15-7-9-19(10-8-15)29-22(16(2)12-27-29)21-13-30-14-28(17(21)3)20-6-4-5-18(11-20)23(24,25)26/h4-12H,13-14H2,1-3H3. The number of aromatic nitrogens is 2. The molecule has 30 heavy (non-hydrogen) atoms. The number of aryl methyl sites for hydroxylation is 2. The molecule has 4 nitrogen and oxygen atoms in total. The zero-order valence-corrected chi connectivity index (χ0v) is 17.0. The van der Waals surface area contributed by atoms with E-state index >= 15 is 0 Å². The summed E-state index contributed by atoms with van der Waals surface area (Å²) < 4.78 is 47.2. The summed E-state index contributed by atoms with van der Waals surface area (Å²) in [6.45, 7) is 6.45. The zero-order chi connectivity index (χ0) is 21.5. The van der Waals surface area contributed by atoms with Crippen LogP contribution in [-0.2, 0) is 10.9 Å². The number of rotatable bonds is 3. The van der Waals surface area contributed by atoms with Crippen molar-refractivity contribution in [3.05, 3.63) is 82.8 Å². The molecule has 0 spiro atoms. The van der Waals surface area contributed by atoms with Gasteiger partial charge in [0.15, 0.2) is 0 Å². The van der Waals surface area contributed by atoms with Crippen molar-refractivity contribution in [1.82, 2.24) is 9.78 Å². The van der Waals surface area contributed by atoms with E-state index in [0.29, 0.717) is 12.3 Å².